The van der Waals surface area contributed by atoms with Crippen LogP contribution in [0.4, 0.5) is 5.69 Å². The molecule has 1 aromatic rings. The Hall–Kier alpha value is -1.51. The van der Waals surface area contributed by atoms with Crippen molar-refractivity contribution in [2.75, 3.05) is 11.9 Å². The number of amides is 1. The van der Waals surface area contributed by atoms with E-state index in [2.05, 4.69) is 24.5 Å². The lowest BCUT2D eigenvalue weighted by molar-refractivity contribution is 0.0936. The van der Waals surface area contributed by atoms with Gasteiger partial charge in [0.05, 0.1) is 5.56 Å². The maximum Gasteiger partial charge on any atom is 0.253 e. The average Bonchev–Trinajstić information content (AvgIpc) is 3.05. The molecule has 0 atom stereocenters. The van der Waals surface area contributed by atoms with Gasteiger partial charge in [0.1, 0.15) is 0 Å². The van der Waals surface area contributed by atoms with Crippen LogP contribution < -0.4 is 10.6 Å². The van der Waals surface area contributed by atoms with E-state index in [4.69, 9.17) is 0 Å². The van der Waals surface area contributed by atoms with E-state index < -0.39 is 0 Å². The summed E-state index contributed by atoms with van der Waals surface area (Å²) in [4.78, 5) is 12.3. The van der Waals surface area contributed by atoms with Crippen LogP contribution in [0.15, 0.2) is 18.2 Å². The van der Waals surface area contributed by atoms with Crippen molar-refractivity contribution >= 4 is 11.6 Å². The molecule has 1 saturated carbocycles. The molecular weight excluding hydrogens is 224 g/mol. The highest BCUT2D eigenvalue weighted by molar-refractivity contribution is 6.00. The molecule has 0 bridgehead atoms. The molecule has 98 valence electrons. The van der Waals surface area contributed by atoms with Crippen LogP contribution in [-0.4, -0.2) is 18.0 Å². The van der Waals surface area contributed by atoms with Crippen LogP contribution in [0, 0.1) is 6.92 Å². The van der Waals surface area contributed by atoms with Crippen LogP contribution >= 0.6 is 0 Å². The molecule has 1 amide bonds. The van der Waals surface area contributed by atoms with Crippen molar-refractivity contribution in [3.05, 3.63) is 29.3 Å². The van der Waals surface area contributed by atoms with E-state index in [-0.39, 0.29) is 11.4 Å². The van der Waals surface area contributed by atoms with Crippen molar-refractivity contribution in [2.24, 2.45) is 0 Å². The molecule has 0 unspecified atom stereocenters. The van der Waals surface area contributed by atoms with Crippen LogP contribution in [0.3, 0.4) is 0 Å². The lowest BCUT2D eigenvalue weighted by Crippen LogP contribution is -2.34. The summed E-state index contributed by atoms with van der Waals surface area (Å²) in [6.07, 6.45) is 3.22. The number of carbonyl (C=O) groups is 1. The zero-order valence-corrected chi connectivity index (χ0v) is 11.5. The SMILES string of the molecule is CCCNc1ccc(C)cc1C(=O)NC1(C)CC1. The second-order valence-corrected chi connectivity index (χ2v) is 5.49. The fourth-order valence-electron chi connectivity index (χ4n) is 1.91. The molecular formula is C15H22N2O. The van der Waals surface area contributed by atoms with Gasteiger partial charge in [0, 0.05) is 17.8 Å². The Bertz CT molecular complexity index is 450. The van der Waals surface area contributed by atoms with Gasteiger partial charge in [0.15, 0.2) is 0 Å². The maximum atomic E-state index is 12.3. The number of nitrogens with one attached hydrogen (secondary N) is 2. The monoisotopic (exact) mass is 246 g/mol. The van der Waals surface area contributed by atoms with Gasteiger partial charge in [-0.15, -0.1) is 0 Å². The van der Waals surface area contributed by atoms with Crippen molar-refractivity contribution < 1.29 is 4.79 Å². The highest BCUT2D eigenvalue weighted by Gasteiger charge is 2.39. The van der Waals surface area contributed by atoms with Crippen LogP contribution in [0.1, 0.15) is 49.0 Å². The Labute approximate surface area is 109 Å². The van der Waals surface area contributed by atoms with E-state index in [1.54, 1.807) is 0 Å². The maximum absolute atomic E-state index is 12.3. The first-order chi connectivity index (χ1) is 8.54. The molecule has 0 saturated heterocycles. The molecule has 1 fully saturated rings. The van der Waals surface area contributed by atoms with Gasteiger partial charge in [0.2, 0.25) is 0 Å². The minimum Gasteiger partial charge on any atom is -0.384 e. The van der Waals surface area contributed by atoms with Crippen molar-refractivity contribution in [1.82, 2.24) is 5.32 Å². The Balaban J connectivity index is 2.17. The molecule has 2 N–H and O–H groups in total. The number of rotatable bonds is 5. The predicted molar refractivity (Wildman–Crippen MR) is 75.1 cm³/mol. The van der Waals surface area contributed by atoms with E-state index >= 15 is 0 Å². The molecule has 0 spiro atoms. The third kappa shape index (κ3) is 3.03. The fraction of sp³-hybridized carbons (Fsp3) is 0.533. The zero-order valence-electron chi connectivity index (χ0n) is 11.5. The van der Waals surface area contributed by atoms with Crippen LogP contribution in [0.5, 0.6) is 0 Å². The van der Waals surface area contributed by atoms with Gasteiger partial charge >= 0.3 is 0 Å². The molecule has 0 radical (unpaired) electrons. The van der Waals surface area contributed by atoms with E-state index in [1.165, 1.54) is 0 Å². The van der Waals surface area contributed by atoms with Crippen molar-refractivity contribution in [1.29, 1.82) is 0 Å². The molecule has 18 heavy (non-hydrogen) atoms. The first-order valence-electron chi connectivity index (χ1n) is 6.71. The van der Waals surface area contributed by atoms with E-state index in [0.29, 0.717) is 0 Å². The molecule has 0 aliphatic heterocycles. The van der Waals surface area contributed by atoms with Gasteiger partial charge in [-0.2, -0.15) is 0 Å². The third-order valence-corrected chi connectivity index (χ3v) is 3.40. The lowest BCUT2D eigenvalue weighted by atomic mass is 10.1. The Morgan fingerprint density at radius 2 is 2.11 bits per heavy atom. The number of anilines is 1. The van der Waals surface area contributed by atoms with Gasteiger partial charge in [-0.1, -0.05) is 18.6 Å². The number of benzene rings is 1. The van der Waals surface area contributed by atoms with Crippen LogP contribution in [-0.2, 0) is 0 Å². The average molecular weight is 246 g/mol. The number of aryl methyl sites for hydroxylation is 1. The molecule has 1 aromatic carbocycles. The summed E-state index contributed by atoms with van der Waals surface area (Å²) in [6, 6.07) is 5.99. The zero-order chi connectivity index (χ0) is 13.2. The highest BCUT2D eigenvalue weighted by Crippen LogP contribution is 2.35. The molecule has 3 heteroatoms. The summed E-state index contributed by atoms with van der Waals surface area (Å²) in [6.45, 7) is 7.12. The smallest absolute Gasteiger partial charge is 0.253 e. The lowest BCUT2D eigenvalue weighted by Gasteiger charge is -2.15. The van der Waals surface area contributed by atoms with Crippen LogP contribution in [0.25, 0.3) is 0 Å². The van der Waals surface area contributed by atoms with Crippen molar-refractivity contribution in [2.45, 2.75) is 45.6 Å². The standard InChI is InChI=1S/C15H22N2O/c1-4-9-16-13-6-5-11(2)10-12(13)14(18)17-15(3)7-8-15/h5-6,10,16H,4,7-9H2,1-3H3,(H,17,18). The van der Waals surface area contributed by atoms with Crippen molar-refractivity contribution in [3.63, 3.8) is 0 Å². The quantitative estimate of drug-likeness (QED) is 0.838. The minimum absolute atomic E-state index is 0.0306. The normalized spacial score (nSPS) is 16.2. The molecule has 3 nitrogen and oxygen atoms in total. The van der Waals surface area contributed by atoms with E-state index in [1.807, 2.05) is 25.1 Å². The molecule has 1 aliphatic rings. The summed E-state index contributed by atoms with van der Waals surface area (Å²) in [7, 11) is 0. The topological polar surface area (TPSA) is 41.1 Å². The van der Waals surface area contributed by atoms with Gasteiger partial charge in [-0.3, -0.25) is 4.79 Å². The second kappa shape index (κ2) is 5.01. The Kier molecular flexibility index (Phi) is 3.60. The summed E-state index contributed by atoms with van der Waals surface area (Å²) in [5.41, 5.74) is 2.84. The van der Waals surface area contributed by atoms with E-state index in [0.717, 1.165) is 42.6 Å². The minimum atomic E-state index is 0.0306. The third-order valence-electron chi connectivity index (χ3n) is 3.40. The highest BCUT2D eigenvalue weighted by atomic mass is 16.1. The number of carbonyl (C=O) groups excluding carboxylic acids is 1. The van der Waals surface area contributed by atoms with Gasteiger partial charge in [0.25, 0.3) is 5.91 Å². The largest absolute Gasteiger partial charge is 0.384 e. The van der Waals surface area contributed by atoms with Gasteiger partial charge in [-0.25, -0.2) is 0 Å². The second-order valence-electron chi connectivity index (χ2n) is 5.49. The fourth-order valence-corrected chi connectivity index (χ4v) is 1.91. The summed E-state index contributed by atoms with van der Waals surface area (Å²) in [5.74, 6) is 0.0392. The van der Waals surface area contributed by atoms with Crippen molar-refractivity contribution in [3.8, 4) is 0 Å². The summed E-state index contributed by atoms with van der Waals surface area (Å²) < 4.78 is 0. The summed E-state index contributed by atoms with van der Waals surface area (Å²) >= 11 is 0. The first-order valence-corrected chi connectivity index (χ1v) is 6.71. The molecule has 0 heterocycles. The number of hydrogen-bond donors (Lipinski definition) is 2. The molecule has 1 aliphatic carbocycles. The van der Waals surface area contributed by atoms with Gasteiger partial charge in [-0.05, 0) is 45.2 Å². The first kappa shape index (κ1) is 12.9. The molecule has 0 aromatic heterocycles. The van der Waals surface area contributed by atoms with Gasteiger partial charge < -0.3 is 10.6 Å². The Morgan fingerprint density at radius 1 is 1.39 bits per heavy atom. The Morgan fingerprint density at radius 3 is 2.72 bits per heavy atom. The predicted octanol–water partition coefficient (Wildman–Crippen LogP) is 3.10. The number of hydrogen-bond acceptors (Lipinski definition) is 2. The summed E-state index contributed by atoms with van der Waals surface area (Å²) in [5, 5.41) is 6.43. The van der Waals surface area contributed by atoms with Crippen LogP contribution in [0.2, 0.25) is 0 Å². The van der Waals surface area contributed by atoms with E-state index in [9.17, 15) is 4.79 Å². The molecule has 2 rings (SSSR count).